The van der Waals surface area contributed by atoms with Crippen molar-refractivity contribution in [2.75, 3.05) is 0 Å². The first-order valence-corrected chi connectivity index (χ1v) is 9.43. The van der Waals surface area contributed by atoms with E-state index in [1.54, 1.807) is 12.1 Å². The zero-order chi connectivity index (χ0) is 15.3. The van der Waals surface area contributed by atoms with Crippen molar-refractivity contribution in [3.05, 3.63) is 29.8 Å². The molecule has 1 aliphatic carbocycles. The van der Waals surface area contributed by atoms with Crippen molar-refractivity contribution in [2.24, 2.45) is 5.92 Å². The van der Waals surface area contributed by atoms with E-state index in [0.717, 1.165) is 31.2 Å². The molecule has 0 N–H and O–H groups in total. The van der Waals surface area contributed by atoms with Gasteiger partial charge in [-0.05, 0) is 44.2 Å². The second-order valence-corrected chi connectivity index (χ2v) is 7.66. The lowest BCUT2D eigenvalue weighted by molar-refractivity contribution is 0.105. The van der Waals surface area contributed by atoms with E-state index in [0.29, 0.717) is 5.92 Å². The number of hydrogen-bond acceptors (Lipinski definition) is 3. The van der Waals surface area contributed by atoms with Gasteiger partial charge in [-0.2, -0.15) is 8.42 Å². The molecule has 1 fully saturated rings. The molecule has 0 amide bonds. The zero-order valence-corrected chi connectivity index (χ0v) is 13.9. The molecule has 21 heavy (non-hydrogen) atoms. The predicted molar refractivity (Wildman–Crippen MR) is 84.7 cm³/mol. The van der Waals surface area contributed by atoms with Crippen LogP contribution < -0.4 is 0 Å². The molecule has 4 heteroatoms. The normalized spacial score (nSPS) is 18.6. The summed E-state index contributed by atoms with van der Waals surface area (Å²) in [5, 5.41) is 0. The molecule has 1 unspecified atom stereocenters. The molecule has 0 spiro atoms. The summed E-state index contributed by atoms with van der Waals surface area (Å²) in [7, 11) is -3.65. The van der Waals surface area contributed by atoms with E-state index in [1.807, 2.05) is 19.1 Å². The van der Waals surface area contributed by atoms with Crippen molar-refractivity contribution in [3.8, 4) is 0 Å². The van der Waals surface area contributed by atoms with Gasteiger partial charge in [0.25, 0.3) is 10.1 Å². The zero-order valence-electron chi connectivity index (χ0n) is 13.0. The summed E-state index contributed by atoms with van der Waals surface area (Å²) in [5.74, 6) is 0.388. The minimum atomic E-state index is -3.65. The summed E-state index contributed by atoms with van der Waals surface area (Å²) in [6.07, 6.45) is 7.43. The SMILES string of the molecule is CCCC(OS(=O)(=O)c1ccc(C)cc1)C1CCCCC1. The monoisotopic (exact) mass is 310 g/mol. The minimum Gasteiger partial charge on any atom is -0.263 e. The highest BCUT2D eigenvalue weighted by Crippen LogP contribution is 2.32. The fraction of sp³-hybridized carbons (Fsp3) is 0.647. The molecule has 1 aliphatic rings. The molecule has 1 atom stereocenters. The fourth-order valence-corrected chi connectivity index (χ4v) is 4.24. The van der Waals surface area contributed by atoms with Crippen LogP contribution in [0.1, 0.15) is 57.4 Å². The van der Waals surface area contributed by atoms with Crippen molar-refractivity contribution in [1.82, 2.24) is 0 Å². The lowest BCUT2D eigenvalue weighted by atomic mass is 9.84. The maximum Gasteiger partial charge on any atom is 0.297 e. The summed E-state index contributed by atoms with van der Waals surface area (Å²) in [5.41, 5.74) is 1.05. The highest BCUT2D eigenvalue weighted by Gasteiger charge is 2.29. The van der Waals surface area contributed by atoms with Crippen LogP contribution in [-0.4, -0.2) is 14.5 Å². The minimum absolute atomic E-state index is 0.165. The molecule has 0 bridgehead atoms. The lowest BCUT2D eigenvalue weighted by Crippen LogP contribution is -2.28. The van der Waals surface area contributed by atoms with Gasteiger partial charge < -0.3 is 0 Å². The molecule has 3 nitrogen and oxygen atoms in total. The third-order valence-corrected chi connectivity index (χ3v) is 5.66. The number of rotatable bonds is 6. The van der Waals surface area contributed by atoms with Crippen LogP contribution >= 0.6 is 0 Å². The van der Waals surface area contributed by atoms with E-state index in [9.17, 15) is 8.42 Å². The van der Waals surface area contributed by atoms with Gasteiger partial charge in [-0.25, -0.2) is 0 Å². The predicted octanol–water partition coefficient (Wildman–Crippen LogP) is 4.45. The molecule has 1 aromatic carbocycles. The summed E-state index contributed by atoms with van der Waals surface area (Å²) < 4.78 is 30.5. The Hall–Kier alpha value is -0.870. The summed E-state index contributed by atoms with van der Waals surface area (Å²) in [6, 6.07) is 6.89. The van der Waals surface area contributed by atoms with Crippen molar-refractivity contribution in [1.29, 1.82) is 0 Å². The number of hydrogen-bond donors (Lipinski definition) is 0. The summed E-state index contributed by atoms with van der Waals surface area (Å²) in [4.78, 5) is 0.269. The van der Waals surface area contributed by atoms with E-state index in [4.69, 9.17) is 4.18 Å². The van der Waals surface area contributed by atoms with Crippen LogP contribution in [0.3, 0.4) is 0 Å². The molecule has 118 valence electrons. The highest BCUT2D eigenvalue weighted by molar-refractivity contribution is 7.86. The van der Waals surface area contributed by atoms with Crippen LogP contribution in [0.25, 0.3) is 0 Å². The van der Waals surface area contributed by atoms with E-state index < -0.39 is 10.1 Å². The molecule has 2 rings (SSSR count). The van der Waals surface area contributed by atoms with Crippen LogP contribution in [-0.2, 0) is 14.3 Å². The topological polar surface area (TPSA) is 43.4 Å². The highest BCUT2D eigenvalue weighted by atomic mass is 32.2. The number of aryl methyl sites for hydroxylation is 1. The van der Waals surface area contributed by atoms with Gasteiger partial charge in [-0.15, -0.1) is 0 Å². The van der Waals surface area contributed by atoms with Crippen LogP contribution in [0, 0.1) is 12.8 Å². The maximum atomic E-state index is 12.4. The van der Waals surface area contributed by atoms with Crippen molar-refractivity contribution in [3.63, 3.8) is 0 Å². The van der Waals surface area contributed by atoms with E-state index >= 15 is 0 Å². The fourth-order valence-electron chi connectivity index (χ4n) is 3.08. The Bertz CT molecular complexity index is 528. The molecule has 1 aromatic rings. The second kappa shape index (κ2) is 7.41. The maximum absolute atomic E-state index is 12.4. The van der Waals surface area contributed by atoms with E-state index in [1.165, 1.54) is 19.3 Å². The average molecular weight is 310 g/mol. The Morgan fingerprint density at radius 2 is 1.76 bits per heavy atom. The van der Waals surface area contributed by atoms with Gasteiger partial charge in [0.05, 0.1) is 11.0 Å². The van der Waals surface area contributed by atoms with Gasteiger partial charge in [0.1, 0.15) is 0 Å². The van der Waals surface area contributed by atoms with Crippen LogP contribution in [0.2, 0.25) is 0 Å². The van der Waals surface area contributed by atoms with Crippen LogP contribution in [0.4, 0.5) is 0 Å². The number of benzene rings is 1. The van der Waals surface area contributed by atoms with Gasteiger partial charge in [-0.3, -0.25) is 4.18 Å². The van der Waals surface area contributed by atoms with Gasteiger partial charge in [-0.1, -0.05) is 50.3 Å². The van der Waals surface area contributed by atoms with Crippen molar-refractivity contribution < 1.29 is 12.6 Å². The largest absolute Gasteiger partial charge is 0.297 e. The van der Waals surface area contributed by atoms with Crippen molar-refractivity contribution >= 4 is 10.1 Å². The molecule has 0 radical (unpaired) electrons. The first kappa shape index (κ1) is 16.5. The third kappa shape index (κ3) is 4.55. The molecular formula is C17H26O3S. The second-order valence-electron chi connectivity index (χ2n) is 6.09. The molecule has 0 heterocycles. The van der Waals surface area contributed by atoms with Gasteiger partial charge in [0.15, 0.2) is 0 Å². The van der Waals surface area contributed by atoms with Crippen molar-refractivity contribution in [2.45, 2.75) is 69.8 Å². The third-order valence-electron chi connectivity index (χ3n) is 4.31. The molecule has 0 aromatic heterocycles. The summed E-state index contributed by atoms with van der Waals surface area (Å²) >= 11 is 0. The first-order valence-electron chi connectivity index (χ1n) is 8.03. The Morgan fingerprint density at radius 3 is 2.33 bits per heavy atom. The molecule has 0 aliphatic heterocycles. The Balaban J connectivity index is 2.12. The lowest BCUT2D eigenvalue weighted by Gasteiger charge is -2.29. The standard InChI is InChI=1S/C17H26O3S/c1-3-7-17(15-8-5-4-6-9-15)20-21(18,19)16-12-10-14(2)11-13-16/h10-13,15,17H,3-9H2,1-2H3. The van der Waals surface area contributed by atoms with Crippen LogP contribution in [0.5, 0.6) is 0 Å². The Morgan fingerprint density at radius 1 is 1.14 bits per heavy atom. The molecule has 0 saturated heterocycles. The molecular weight excluding hydrogens is 284 g/mol. The first-order chi connectivity index (χ1) is 10.0. The van der Waals surface area contributed by atoms with Gasteiger partial charge in [0.2, 0.25) is 0 Å². The summed E-state index contributed by atoms with van der Waals surface area (Å²) in [6.45, 7) is 4.02. The van der Waals surface area contributed by atoms with E-state index in [2.05, 4.69) is 6.92 Å². The van der Waals surface area contributed by atoms with Gasteiger partial charge in [0, 0.05) is 0 Å². The van der Waals surface area contributed by atoms with Gasteiger partial charge >= 0.3 is 0 Å². The average Bonchev–Trinajstić information content (AvgIpc) is 2.48. The Kier molecular flexibility index (Phi) is 5.82. The molecule has 1 saturated carbocycles. The Labute approximate surface area is 128 Å². The van der Waals surface area contributed by atoms with E-state index in [-0.39, 0.29) is 11.0 Å². The quantitative estimate of drug-likeness (QED) is 0.729. The smallest absolute Gasteiger partial charge is 0.263 e. The van der Waals surface area contributed by atoms with Crippen LogP contribution in [0.15, 0.2) is 29.2 Å².